The molecular formula is C18H23ClN2O3. The number of amides is 2. The number of hydrogen-bond donors (Lipinski definition) is 1. The quantitative estimate of drug-likeness (QED) is 0.907. The predicted molar refractivity (Wildman–Crippen MR) is 91.4 cm³/mol. The van der Waals surface area contributed by atoms with Crippen LogP contribution in [0.2, 0.25) is 5.02 Å². The number of carbonyl (C=O) groups is 2. The van der Waals surface area contributed by atoms with E-state index in [1.54, 1.807) is 4.90 Å². The molecule has 5 nitrogen and oxygen atoms in total. The monoisotopic (exact) mass is 350 g/mol. The van der Waals surface area contributed by atoms with Crippen molar-refractivity contribution in [1.82, 2.24) is 9.80 Å². The van der Waals surface area contributed by atoms with Gasteiger partial charge < -0.3 is 14.9 Å². The molecule has 6 heteroatoms. The lowest BCUT2D eigenvalue weighted by Crippen LogP contribution is -2.47. The minimum Gasteiger partial charge on any atom is -0.384 e. The van der Waals surface area contributed by atoms with Gasteiger partial charge in [0, 0.05) is 43.0 Å². The Labute approximate surface area is 147 Å². The molecule has 2 fully saturated rings. The van der Waals surface area contributed by atoms with E-state index in [9.17, 15) is 14.7 Å². The molecule has 0 bridgehead atoms. The van der Waals surface area contributed by atoms with Gasteiger partial charge in [0.25, 0.3) is 5.91 Å². The van der Waals surface area contributed by atoms with Crippen molar-refractivity contribution < 1.29 is 14.7 Å². The highest BCUT2D eigenvalue weighted by molar-refractivity contribution is 6.30. The van der Waals surface area contributed by atoms with E-state index in [1.165, 1.54) is 6.92 Å². The van der Waals surface area contributed by atoms with E-state index >= 15 is 0 Å². The van der Waals surface area contributed by atoms with Crippen molar-refractivity contribution >= 4 is 23.4 Å². The molecule has 2 aliphatic heterocycles. The summed E-state index contributed by atoms with van der Waals surface area (Å²) >= 11 is 5.90. The van der Waals surface area contributed by atoms with E-state index in [2.05, 4.69) is 0 Å². The van der Waals surface area contributed by atoms with E-state index in [-0.39, 0.29) is 17.2 Å². The molecule has 3 rings (SSSR count). The van der Waals surface area contributed by atoms with Crippen LogP contribution in [0.1, 0.15) is 31.7 Å². The van der Waals surface area contributed by atoms with Crippen molar-refractivity contribution in [3.05, 3.63) is 34.9 Å². The number of nitrogens with zero attached hydrogens (tertiary/aromatic N) is 2. The number of hydrogen-bond acceptors (Lipinski definition) is 3. The van der Waals surface area contributed by atoms with Crippen LogP contribution in [0.5, 0.6) is 0 Å². The van der Waals surface area contributed by atoms with Gasteiger partial charge in [0.15, 0.2) is 0 Å². The topological polar surface area (TPSA) is 60.9 Å². The van der Waals surface area contributed by atoms with E-state index in [0.717, 1.165) is 24.9 Å². The lowest BCUT2D eigenvalue weighted by molar-refractivity contribution is -0.141. The summed E-state index contributed by atoms with van der Waals surface area (Å²) < 4.78 is 0. The number of halogens is 1. The van der Waals surface area contributed by atoms with E-state index in [4.69, 9.17) is 11.6 Å². The number of likely N-dealkylation sites (tertiary alicyclic amines) is 2. The molecule has 24 heavy (non-hydrogen) atoms. The number of benzene rings is 1. The molecule has 0 aliphatic carbocycles. The van der Waals surface area contributed by atoms with Crippen LogP contribution in [-0.4, -0.2) is 52.5 Å². The Kier molecular flexibility index (Phi) is 4.83. The molecule has 0 radical (unpaired) electrons. The van der Waals surface area contributed by atoms with Crippen molar-refractivity contribution in [3.8, 4) is 0 Å². The van der Waals surface area contributed by atoms with Crippen LogP contribution in [0, 0.1) is 5.41 Å². The highest BCUT2D eigenvalue weighted by Crippen LogP contribution is 2.41. The van der Waals surface area contributed by atoms with Crippen molar-refractivity contribution in [3.63, 3.8) is 0 Å². The molecule has 1 spiro atoms. The van der Waals surface area contributed by atoms with Crippen LogP contribution in [0.4, 0.5) is 0 Å². The summed E-state index contributed by atoms with van der Waals surface area (Å²) in [5.41, 5.74) is 1.05. The van der Waals surface area contributed by atoms with E-state index in [1.807, 2.05) is 29.2 Å². The molecule has 2 heterocycles. The molecule has 2 saturated heterocycles. The summed E-state index contributed by atoms with van der Waals surface area (Å²) in [6.07, 6.45) is 1.23. The Bertz CT molecular complexity index is 622. The van der Waals surface area contributed by atoms with Gasteiger partial charge in [-0.05, 0) is 37.5 Å². The zero-order chi connectivity index (χ0) is 17.3. The summed E-state index contributed by atoms with van der Waals surface area (Å²) in [7, 11) is 0. The Morgan fingerprint density at radius 1 is 1.29 bits per heavy atom. The van der Waals surface area contributed by atoms with Gasteiger partial charge in [0.1, 0.15) is 6.10 Å². The van der Waals surface area contributed by atoms with Crippen LogP contribution in [0.15, 0.2) is 24.3 Å². The molecule has 1 N–H and O–H groups in total. The first-order valence-corrected chi connectivity index (χ1v) is 8.75. The lowest BCUT2D eigenvalue weighted by atomic mass is 9.77. The molecule has 2 amide bonds. The number of aliphatic hydroxyl groups is 1. The fourth-order valence-corrected chi connectivity index (χ4v) is 3.86. The van der Waals surface area contributed by atoms with Gasteiger partial charge in [-0.3, -0.25) is 9.59 Å². The maximum atomic E-state index is 12.4. The number of aliphatic hydroxyl groups excluding tert-OH is 1. The SMILES string of the molecule is CC(O)C(=O)N1CCC2(CC1)CC(=O)N(Cc1ccc(Cl)cc1)C2. The second-order valence-electron chi connectivity index (χ2n) is 7.05. The molecule has 1 unspecified atom stereocenters. The van der Waals surface area contributed by atoms with Gasteiger partial charge in [-0.2, -0.15) is 0 Å². The Balaban J connectivity index is 1.60. The first-order valence-electron chi connectivity index (χ1n) is 8.38. The smallest absolute Gasteiger partial charge is 0.251 e. The van der Waals surface area contributed by atoms with Crippen molar-refractivity contribution in [2.45, 2.75) is 38.8 Å². The average molecular weight is 351 g/mol. The third-order valence-electron chi connectivity index (χ3n) is 5.19. The van der Waals surface area contributed by atoms with Crippen LogP contribution in [0.25, 0.3) is 0 Å². The standard InChI is InChI=1S/C18H23ClN2O3/c1-13(22)17(24)20-8-6-18(7-9-20)10-16(23)21(12-18)11-14-2-4-15(19)5-3-14/h2-5,13,22H,6-12H2,1H3. The molecular weight excluding hydrogens is 328 g/mol. The summed E-state index contributed by atoms with van der Waals surface area (Å²) in [6.45, 7) is 4.08. The van der Waals surface area contributed by atoms with Gasteiger partial charge in [0.05, 0.1) is 0 Å². The highest BCUT2D eigenvalue weighted by atomic mass is 35.5. The van der Waals surface area contributed by atoms with Crippen molar-refractivity contribution in [2.75, 3.05) is 19.6 Å². The summed E-state index contributed by atoms with van der Waals surface area (Å²) in [6, 6.07) is 7.58. The average Bonchev–Trinajstić information content (AvgIpc) is 2.85. The predicted octanol–water partition coefficient (Wildman–Crippen LogP) is 2.06. The number of piperidine rings is 1. The zero-order valence-electron chi connectivity index (χ0n) is 13.9. The minimum absolute atomic E-state index is 0.0288. The molecule has 1 aromatic rings. The summed E-state index contributed by atoms with van der Waals surface area (Å²) in [4.78, 5) is 27.9. The highest BCUT2D eigenvalue weighted by Gasteiger charge is 2.45. The van der Waals surface area contributed by atoms with Gasteiger partial charge in [-0.1, -0.05) is 23.7 Å². The maximum absolute atomic E-state index is 12.4. The van der Waals surface area contributed by atoms with Gasteiger partial charge >= 0.3 is 0 Å². The Hall–Kier alpha value is -1.59. The third kappa shape index (κ3) is 3.57. The molecule has 0 saturated carbocycles. The largest absolute Gasteiger partial charge is 0.384 e. The molecule has 2 aliphatic rings. The second-order valence-corrected chi connectivity index (χ2v) is 7.49. The summed E-state index contributed by atoms with van der Waals surface area (Å²) in [5.74, 6) is -0.0348. The molecule has 130 valence electrons. The lowest BCUT2D eigenvalue weighted by Gasteiger charge is -2.39. The minimum atomic E-state index is -0.953. The first kappa shape index (κ1) is 17.2. The van der Waals surface area contributed by atoms with E-state index < -0.39 is 6.10 Å². The molecule has 1 aromatic carbocycles. The fraction of sp³-hybridized carbons (Fsp3) is 0.556. The normalized spacial score (nSPS) is 21.4. The van der Waals surface area contributed by atoms with E-state index in [0.29, 0.717) is 31.1 Å². The van der Waals surface area contributed by atoms with Crippen molar-refractivity contribution in [2.24, 2.45) is 5.41 Å². The fourth-order valence-electron chi connectivity index (χ4n) is 3.74. The van der Waals surface area contributed by atoms with Crippen LogP contribution >= 0.6 is 11.6 Å². The molecule has 1 atom stereocenters. The zero-order valence-corrected chi connectivity index (χ0v) is 14.6. The van der Waals surface area contributed by atoms with Crippen molar-refractivity contribution in [1.29, 1.82) is 0 Å². The van der Waals surface area contributed by atoms with Crippen LogP contribution < -0.4 is 0 Å². The third-order valence-corrected chi connectivity index (χ3v) is 5.44. The Morgan fingerprint density at radius 2 is 1.92 bits per heavy atom. The van der Waals surface area contributed by atoms with Gasteiger partial charge in [-0.25, -0.2) is 0 Å². The molecule has 0 aromatic heterocycles. The van der Waals surface area contributed by atoms with Crippen LogP contribution in [0.3, 0.4) is 0 Å². The van der Waals surface area contributed by atoms with Crippen LogP contribution in [-0.2, 0) is 16.1 Å². The van der Waals surface area contributed by atoms with Gasteiger partial charge in [0.2, 0.25) is 5.91 Å². The summed E-state index contributed by atoms with van der Waals surface area (Å²) in [5, 5.41) is 10.1. The first-order chi connectivity index (χ1) is 11.4. The Morgan fingerprint density at radius 3 is 2.50 bits per heavy atom. The van der Waals surface area contributed by atoms with Gasteiger partial charge in [-0.15, -0.1) is 0 Å². The number of carbonyl (C=O) groups excluding carboxylic acids is 2. The second kappa shape index (κ2) is 6.73. The maximum Gasteiger partial charge on any atom is 0.251 e. The number of rotatable bonds is 3.